The average molecular weight is 660 g/mol. The molecule has 0 bridgehead atoms. The Kier molecular flexibility index (Phi) is 7.82. The van der Waals surface area contributed by atoms with Crippen molar-refractivity contribution in [1.29, 1.82) is 0 Å². The number of benzene rings is 2. The zero-order chi connectivity index (χ0) is 25.3. The molecule has 6 rings (SSSR count). The van der Waals surface area contributed by atoms with E-state index in [0.717, 1.165) is 22.5 Å². The van der Waals surface area contributed by atoms with Gasteiger partial charge in [0.15, 0.2) is 0 Å². The molecule has 2 aromatic carbocycles. The van der Waals surface area contributed by atoms with Gasteiger partial charge in [-0.2, -0.15) is 0 Å². The summed E-state index contributed by atoms with van der Waals surface area (Å²) in [6.07, 6.45) is 7.46. The summed E-state index contributed by atoms with van der Waals surface area (Å²) in [4.78, 5) is 13.2. The van der Waals surface area contributed by atoms with Crippen LogP contribution in [-0.2, 0) is 25.5 Å². The van der Waals surface area contributed by atoms with Gasteiger partial charge < -0.3 is 15.0 Å². The summed E-state index contributed by atoms with van der Waals surface area (Å²) in [5.41, 5.74) is 12.9. The van der Waals surface area contributed by atoms with E-state index in [9.17, 15) is 0 Å². The predicted molar refractivity (Wildman–Crippen MR) is 147 cm³/mol. The molecule has 0 N–H and O–H groups in total. The molecule has 0 saturated carbocycles. The molecule has 0 saturated heterocycles. The standard InChI is InChI=1S/C19H15N2.C14H14N.Ir/c1-19(2)16-8-4-3-7-14(16)15-10-18(21-12-17(15)19)13-6-5-9-20-11-13;1-10-4-6-13(7-5-10)14-8-11(2)12(3)9-15-14;/h3-5,7-12H,1-2H3;4-6,8-9H,1-3H3;/q2*-1;. The molecule has 0 aliphatic heterocycles. The second kappa shape index (κ2) is 10.9. The van der Waals surface area contributed by atoms with Crippen molar-refractivity contribution in [2.75, 3.05) is 0 Å². The van der Waals surface area contributed by atoms with Gasteiger partial charge in [-0.15, -0.1) is 53.1 Å². The van der Waals surface area contributed by atoms with Crippen LogP contribution < -0.4 is 0 Å². The Balaban J connectivity index is 0.000000178. The molecule has 37 heavy (non-hydrogen) atoms. The molecule has 0 atom stereocenters. The maximum atomic E-state index is 4.63. The SMILES string of the molecule is CC1(C)c2ccccc2-c2cc(-c3[c-]ccnc3)ncc21.Cc1c[c-]c(-c2cc(C)c(C)cn2)cc1.[Ir]. The molecular weight excluding hydrogens is 631 g/mol. The number of aryl methyl sites for hydroxylation is 3. The Hall–Kier alpha value is -3.46. The van der Waals surface area contributed by atoms with Crippen LogP contribution in [0.4, 0.5) is 0 Å². The van der Waals surface area contributed by atoms with E-state index in [0.29, 0.717) is 0 Å². The van der Waals surface area contributed by atoms with E-state index in [-0.39, 0.29) is 25.5 Å². The van der Waals surface area contributed by atoms with Crippen LogP contribution in [0, 0.1) is 32.9 Å². The number of rotatable bonds is 2. The first kappa shape index (κ1) is 26.6. The molecule has 0 fully saturated rings. The van der Waals surface area contributed by atoms with Crippen molar-refractivity contribution in [3.63, 3.8) is 0 Å². The smallest absolute Gasteiger partial charge is 0.0207 e. The van der Waals surface area contributed by atoms with Crippen molar-refractivity contribution >= 4 is 0 Å². The summed E-state index contributed by atoms with van der Waals surface area (Å²) in [7, 11) is 0. The third-order valence-electron chi connectivity index (χ3n) is 6.96. The average Bonchev–Trinajstić information content (AvgIpc) is 3.13. The van der Waals surface area contributed by atoms with Crippen LogP contribution in [0.25, 0.3) is 33.6 Å². The Morgan fingerprint density at radius 2 is 1.46 bits per heavy atom. The van der Waals surface area contributed by atoms with Gasteiger partial charge in [0.2, 0.25) is 0 Å². The van der Waals surface area contributed by atoms with Crippen LogP contribution in [0.1, 0.15) is 41.7 Å². The van der Waals surface area contributed by atoms with E-state index >= 15 is 0 Å². The fourth-order valence-corrected chi connectivity index (χ4v) is 4.63. The second-order valence-electron chi connectivity index (χ2n) is 9.87. The molecule has 3 nitrogen and oxygen atoms in total. The fraction of sp³-hybridized carbons (Fsp3) is 0.182. The van der Waals surface area contributed by atoms with E-state index in [1.54, 1.807) is 12.4 Å². The third kappa shape index (κ3) is 5.32. The molecule has 1 radical (unpaired) electrons. The van der Waals surface area contributed by atoms with Gasteiger partial charge in [0.1, 0.15) is 0 Å². The Morgan fingerprint density at radius 1 is 0.703 bits per heavy atom. The summed E-state index contributed by atoms with van der Waals surface area (Å²) >= 11 is 0. The second-order valence-corrected chi connectivity index (χ2v) is 9.87. The van der Waals surface area contributed by atoms with E-state index in [1.165, 1.54) is 38.9 Å². The number of fused-ring (bicyclic) bond motifs is 3. The van der Waals surface area contributed by atoms with Crippen LogP contribution in [0.15, 0.2) is 85.5 Å². The minimum atomic E-state index is 0. The van der Waals surface area contributed by atoms with Crippen LogP contribution in [-0.4, -0.2) is 15.0 Å². The molecule has 187 valence electrons. The molecule has 1 aliphatic carbocycles. The first-order chi connectivity index (χ1) is 17.3. The van der Waals surface area contributed by atoms with Gasteiger partial charge in [-0.05, 0) is 53.1 Å². The minimum Gasteiger partial charge on any atom is -0.360 e. The van der Waals surface area contributed by atoms with Crippen LogP contribution in [0.5, 0.6) is 0 Å². The van der Waals surface area contributed by atoms with Crippen molar-refractivity contribution in [1.82, 2.24) is 15.0 Å². The number of hydrogen-bond acceptors (Lipinski definition) is 3. The van der Waals surface area contributed by atoms with Crippen LogP contribution in [0.3, 0.4) is 0 Å². The summed E-state index contributed by atoms with van der Waals surface area (Å²) in [6.45, 7) is 10.8. The maximum absolute atomic E-state index is 4.63. The Bertz CT molecular complexity index is 1520. The van der Waals surface area contributed by atoms with E-state index in [1.807, 2.05) is 24.5 Å². The largest absolute Gasteiger partial charge is 0.360 e. The molecule has 0 spiro atoms. The quantitative estimate of drug-likeness (QED) is 0.182. The number of hydrogen-bond donors (Lipinski definition) is 0. The maximum Gasteiger partial charge on any atom is 0.0207 e. The Labute approximate surface area is 233 Å². The van der Waals surface area contributed by atoms with Gasteiger partial charge >= 0.3 is 0 Å². The zero-order valence-electron chi connectivity index (χ0n) is 21.8. The first-order valence-electron chi connectivity index (χ1n) is 12.2. The number of nitrogens with zero attached hydrogens (tertiary/aromatic N) is 3. The molecule has 3 aromatic heterocycles. The van der Waals surface area contributed by atoms with Gasteiger partial charge in [-0.3, -0.25) is 0 Å². The zero-order valence-corrected chi connectivity index (χ0v) is 24.2. The normalized spacial score (nSPS) is 12.5. The van der Waals surface area contributed by atoms with Crippen LogP contribution >= 0.6 is 0 Å². The molecule has 0 unspecified atom stereocenters. The minimum absolute atomic E-state index is 0. The third-order valence-corrected chi connectivity index (χ3v) is 6.96. The van der Waals surface area contributed by atoms with Crippen molar-refractivity contribution < 1.29 is 20.1 Å². The Morgan fingerprint density at radius 3 is 2.16 bits per heavy atom. The molecule has 1 aliphatic rings. The summed E-state index contributed by atoms with van der Waals surface area (Å²) < 4.78 is 0. The summed E-state index contributed by atoms with van der Waals surface area (Å²) in [5, 5.41) is 0. The van der Waals surface area contributed by atoms with Crippen molar-refractivity contribution in [3.05, 3.63) is 125 Å². The van der Waals surface area contributed by atoms with Gasteiger partial charge in [0.05, 0.1) is 0 Å². The fourth-order valence-electron chi connectivity index (χ4n) is 4.63. The number of aromatic nitrogens is 3. The van der Waals surface area contributed by atoms with Gasteiger partial charge in [0, 0.05) is 37.9 Å². The molecule has 5 aromatic rings. The summed E-state index contributed by atoms with van der Waals surface area (Å²) in [5.74, 6) is 0. The topological polar surface area (TPSA) is 38.7 Å². The predicted octanol–water partition coefficient (Wildman–Crippen LogP) is 7.72. The molecule has 0 amide bonds. The van der Waals surface area contributed by atoms with Crippen molar-refractivity contribution in [2.45, 2.75) is 40.0 Å². The van der Waals surface area contributed by atoms with Crippen molar-refractivity contribution in [3.8, 4) is 33.6 Å². The summed E-state index contributed by atoms with van der Waals surface area (Å²) in [6, 6.07) is 27.3. The monoisotopic (exact) mass is 660 g/mol. The van der Waals surface area contributed by atoms with Gasteiger partial charge in [0.25, 0.3) is 0 Å². The van der Waals surface area contributed by atoms with E-state index < -0.39 is 0 Å². The molecular formula is C33H29IrN3-2. The number of pyridine rings is 3. The van der Waals surface area contributed by atoms with E-state index in [4.69, 9.17) is 0 Å². The van der Waals surface area contributed by atoms with Crippen molar-refractivity contribution in [2.24, 2.45) is 0 Å². The van der Waals surface area contributed by atoms with Gasteiger partial charge in [-0.1, -0.05) is 75.1 Å². The van der Waals surface area contributed by atoms with Crippen LogP contribution in [0.2, 0.25) is 0 Å². The van der Waals surface area contributed by atoms with Gasteiger partial charge in [-0.25, -0.2) is 0 Å². The van der Waals surface area contributed by atoms with E-state index in [2.05, 4.69) is 110 Å². The molecule has 3 heterocycles. The first-order valence-corrected chi connectivity index (χ1v) is 12.2. The molecule has 4 heteroatoms.